The first-order valence-corrected chi connectivity index (χ1v) is 9.99. The molecule has 0 aromatic heterocycles. The van der Waals surface area contributed by atoms with E-state index in [1.54, 1.807) is 25.3 Å². The van der Waals surface area contributed by atoms with Gasteiger partial charge in [-0.25, -0.2) is 4.79 Å². The first-order chi connectivity index (χ1) is 14.8. The van der Waals surface area contributed by atoms with Crippen molar-refractivity contribution in [1.82, 2.24) is 0 Å². The molecule has 0 saturated heterocycles. The lowest BCUT2D eigenvalue weighted by molar-refractivity contribution is 0.0239. The molecule has 1 N–H and O–H groups in total. The van der Waals surface area contributed by atoms with E-state index < -0.39 is 11.6 Å². The van der Waals surface area contributed by atoms with Crippen molar-refractivity contribution in [2.24, 2.45) is 0 Å². The zero-order chi connectivity index (χ0) is 22.3. The number of anilines is 2. The number of hydrogen-bond donors (Lipinski definition) is 1. The fraction of sp³-hybridized carbons (Fsp3) is 0.240. The summed E-state index contributed by atoms with van der Waals surface area (Å²) in [5, 5.41) is 11.1. The lowest BCUT2D eigenvalue weighted by Crippen LogP contribution is -2.30. The van der Waals surface area contributed by atoms with Gasteiger partial charge in [0.25, 0.3) is 0 Å². The maximum Gasteiger partial charge on any atom is 0.340 e. The van der Waals surface area contributed by atoms with Crippen molar-refractivity contribution in [2.75, 3.05) is 45.1 Å². The van der Waals surface area contributed by atoms with Crippen molar-refractivity contribution < 1.29 is 19.4 Å². The molecule has 3 aromatic carbocycles. The highest BCUT2D eigenvalue weighted by molar-refractivity contribution is 5.96. The number of aromatic hydroxyl groups is 1. The predicted molar refractivity (Wildman–Crippen MR) is 121 cm³/mol. The van der Waals surface area contributed by atoms with Gasteiger partial charge in [0.1, 0.15) is 11.5 Å². The van der Waals surface area contributed by atoms with E-state index in [1.165, 1.54) is 0 Å². The zero-order valence-corrected chi connectivity index (χ0v) is 18.3. The maximum absolute atomic E-state index is 13.0. The molecule has 1 heterocycles. The number of ether oxygens (including phenoxy) is 2. The monoisotopic (exact) mass is 418 g/mol. The molecular weight excluding hydrogens is 392 g/mol. The highest BCUT2D eigenvalue weighted by Gasteiger charge is 2.51. The third kappa shape index (κ3) is 3.15. The van der Waals surface area contributed by atoms with Crippen LogP contribution in [0, 0.1) is 0 Å². The molecule has 0 saturated carbocycles. The molecule has 6 heteroatoms. The number of hydrogen-bond acceptors (Lipinski definition) is 6. The van der Waals surface area contributed by atoms with E-state index in [-0.39, 0.29) is 5.75 Å². The van der Waals surface area contributed by atoms with Crippen molar-refractivity contribution >= 4 is 17.3 Å². The normalized spacial score (nSPS) is 17.1. The van der Waals surface area contributed by atoms with Crippen molar-refractivity contribution in [2.45, 2.75) is 5.60 Å². The van der Waals surface area contributed by atoms with Crippen molar-refractivity contribution in [1.29, 1.82) is 0 Å². The molecule has 1 unspecified atom stereocenters. The lowest BCUT2D eigenvalue weighted by atomic mass is 9.78. The second kappa shape index (κ2) is 7.54. The fourth-order valence-corrected chi connectivity index (χ4v) is 4.11. The Bertz CT molecular complexity index is 1160. The van der Waals surface area contributed by atoms with Gasteiger partial charge in [0.2, 0.25) is 0 Å². The number of carbonyl (C=O) groups is 1. The molecule has 4 rings (SSSR count). The van der Waals surface area contributed by atoms with Crippen LogP contribution in [-0.4, -0.2) is 46.4 Å². The van der Waals surface area contributed by atoms with Crippen molar-refractivity contribution in [3.8, 4) is 11.5 Å². The minimum atomic E-state index is -1.35. The van der Waals surface area contributed by atoms with Gasteiger partial charge in [-0.05, 0) is 36.4 Å². The van der Waals surface area contributed by atoms with E-state index in [1.807, 2.05) is 80.5 Å². The largest absolute Gasteiger partial charge is 0.507 e. The molecular formula is C25H26N2O4. The van der Waals surface area contributed by atoms with Gasteiger partial charge in [0.15, 0.2) is 5.60 Å². The number of cyclic esters (lactones) is 1. The lowest BCUT2D eigenvalue weighted by Gasteiger charge is -2.33. The van der Waals surface area contributed by atoms with E-state index in [9.17, 15) is 9.90 Å². The van der Waals surface area contributed by atoms with Gasteiger partial charge in [0, 0.05) is 62.3 Å². The Labute approximate surface area is 182 Å². The summed E-state index contributed by atoms with van der Waals surface area (Å²) in [7, 11) is 9.27. The summed E-state index contributed by atoms with van der Waals surface area (Å²) in [5.41, 5.74) is 2.67. The van der Waals surface area contributed by atoms with Crippen LogP contribution in [-0.2, 0) is 10.3 Å². The predicted octanol–water partition coefficient (Wildman–Crippen LogP) is 4.00. The SMILES string of the molecule is COc1ccc(N(C)C)cc1C1(c2ccc(N(C)C)cc2O)OC(=O)c2ccccc21. The van der Waals surface area contributed by atoms with Crippen LogP contribution in [0.2, 0.25) is 0 Å². The summed E-state index contributed by atoms with van der Waals surface area (Å²) in [6, 6.07) is 18.4. The molecule has 0 spiro atoms. The standard InChI is InChI=1S/C25H26N2O4/c1-26(2)16-11-13-23(30-5)21(14-16)25(19-9-7-6-8-18(19)24(29)31-25)20-12-10-17(27(3)4)15-22(20)28/h6-15,28H,1-5H3. The van der Waals surface area contributed by atoms with E-state index in [4.69, 9.17) is 9.47 Å². The van der Waals surface area contributed by atoms with Gasteiger partial charge in [-0.2, -0.15) is 0 Å². The summed E-state index contributed by atoms with van der Waals surface area (Å²) in [5.74, 6) is 0.156. The summed E-state index contributed by atoms with van der Waals surface area (Å²) in [4.78, 5) is 16.8. The summed E-state index contributed by atoms with van der Waals surface area (Å²) >= 11 is 0. The smallest absolute Gasteiger partial charge is 0.340 e. The van der Waals surface area contributed by atoms with Gasteiger partial charge in [-0.15, -0.1) is 0 Å². The number of fused-ring (bicyclic) bond motifs is 1. The first-order valence-electron chi connectivity index (χ1n) is 9.99. The molecule has 3 aromatic rings. The molecule has 160 valence electrons. The fourth-order valence-electron chi connectivity index (χ4n) is 4.11. The van der Waals surface area contributed by atoms with Gasteiger partial charge >= 0.3 is 5.97 Å². The van der Waals surface area contributed by atoms with E-state index in [0.717, 1.165) is 11.4 Å². The quantitative estimate of drug-likeness (QED) is 0.632. The molecule has 1 aliphatic heterocycles. The molecule has 31 heavy (non-hydrogen) atoms. The van der Waals surface area contributed by atoms with Gasteiger partial charge in [-0.1, -0.05) is 18.2 Å². The number of phenols is 1. The summed E-state index contributed by atoms with van der Waals surface area (Å²) in [6.45, 7) is 0. The number of benzene rings is 3. The van der Waals surface area contributed by atoms with E-state index in [0.29, 0.717) is 28.0 Å². The Morgan fingerprint density at radius 3 is 2.13 bits per heavy atom. The van der Waals surface area contributed by atoms with Crippen LogP contribution in [0.4, 0.5) is 11.4 Å². The van der Waals surface area contributed by atoms with Crippen LogP contribution in [0.15, 0.2) is 60.7 Å². The molecule has 0 fully saturated rings. The summed E-state index contributed by atoms with van der Waals surface area (Å²) in [6.07, 6.45) is 0. The minimum Gasteiger partial charge on any atom is -0.507 e. The van der Waals surface area contributed by atoms with Crippen LogP contribution in [0.25, 0.3) is 0 Å². The summed E-state index contributed by atoms with van der Waals surface area (Å²) < 4.78 is 11.8. The third-order valence-corrected chi connectivity index (χ3v) is 5.73. The second-order valence-corrected chi connectivity index (χ2v) is 7.99. The van der Waals surface area contributed by atoms with Crippen LogP contribution in [0.3, 0.4) is 0 Å². The topological polar surface area (TPSA) is 62.2 Å². The highest BCUT2D eigenvalue weighted by Crippen LogP contribution is 2.52. The zero-order valence-electron chi connectivity index (χ0n) is 18.3. The molecule has 0 bridgehead atoms. The van der Waals surface area contributed by atoms with Crippen LogP contribution in [0.5, 0.6) is 11.5 Å². The van der Waals surface area contributed by atoms with E-state index >= 15 is 0 Å². The third-order valence-electron chi connectivity index (χ3n) is 5.73. The second-order valence-electron chi connectivity index (χ2n) is 7.99. The van der Waals surface area contributed by atoms with Crippen LogP contribution >= 0.6 is 0 Å². The highest BCUT2D eigenvalue weighted by atomic mass is 16.6. The Morgan fingerprint density at radius 2 is 1.48 bits per heavy atom. The number of carbonyl (C=O) groups excluding carboxylic acids is 1. The molecule has 0 amide bonds. The van der Waals surface area contributed by atoms with Crippen LogP contribution < -0.4 is 14.5 Å². The minimum absolute atomic E-state index is 0.0352. The average molecular weight is 418 g/mol. The Kier molecular flexibility index (Phi) is 5.01. The maximum atomic E-state index is 13.0. The molecule has 1 atom stereocenters. The number of nitrogens with zero attached hydrogens (tertiary/aromatic N) is 2. The number of phenolic OH excluding ortho intramolecular Hbond substituents is 1. The van der Waals surface area contributed by atoms with Gasteiger partial charge in [0.05, 0.1) is 12.7 Å². The van der Waals surface area contributed by atoms with E-state index in [2.05, 4.69) is 0 Å². The molecule has 0 radical (unpaired) electrons. The number of methoxy groups -OCH3 is 1. The molecule has 6 nitrogen and oxygen atoms in total. The average Bonchev–Trinajstić information content (AvgIpc) is 3.06. The first kappa shape index (κ1) is 20.6. The van der Waals surface area contributed by atoms with Crippen molar-refractivity contribution in [3.05, 3.63) is 82.9 Å². The molecule has 0 aliphatic carbocycles. The number of esters is 1. The van der Waals surface area contributed by atoms with Crippen LogP contribution in [0.1, 0.15) is 27.0 Å². The Morgan fingerprint density at radius 1 is 0.839 bits per heavy atom. The number of rotatable bonds is 5. The van der Waals surface area contributed by atoms with Crippen molar-refractivity contribution in [3.63, 3.8) is 0 Å². The van der Waals surface area contributed by atoms with Gasteiger partial charge in [-0.3, -0.25) is 0 Å². The van der Waals surface area contributed by atoms with Gasteiger partial charge < -0.3 is 24.4 Å². The Balaban J connectivity index is 2.09. The Hall–Kier alpha value is -3.67. The molecule has 1 aliphatic rings.